The first kappa shape index (κ1) is 9.90. The standard InChI is InChI=1S/C10H12BrN2O/c11-8-6-12-10(13-7-8)14-9-4-2-1-3-5-9/h1,6-7,9H,2-5H2. The Morgan fingerprint density at radius 2 is 1.86 bits per heavy atom. The van der Waals surface area contributed by atoms with E-state index in [-0.39, 0.29) is 0 Å². The van der Waals surface area contributed by atoms with Crippen molar-refractivity contribution in [3.05, 3.63) is 23.3 Å². The second-order valence-corrected chi connectivity index (χ2v) is 4.28. The number of ether oxygens (including phenoxy) is 1. The summed E-state index contributed by atoms with van der Waals surface area (Å²) in [4.78, 5) is 8.16. The fourth-order valence-electron chi connectivity index (χ4n) is 1.52. The second-order valence-electron chi connectivity index (χ2n) is 3.37. The van der Waals surface area contributed by atoms with Crippen LogP contribution in [0.25, 0.3) is 0 Å². The molecule has 2 rings (SSSR count). The van der Waals surface area contributed by atoms with Gasteiger partial charge < -0.3 is 4.74 Å². The maximum absolute atomic E-state index is 5.65. The van der Waals surface area contributed by atoms with Crippen molar-refractivity contribution in [3.63, 3.8) is 0 Å². The van der Waals surface area contributed by atoms with Gasteiger partial charge in [-0.2, -0.15) is 0 Å². The quantitative estimate of drug-likeness (QED) is 0.816. The summed E-state index contributed by atoms with van der Waals surface area (Å²) in [6.07, 6.45) is 10.5. The molecule has 0 saturated heterocycles. The average Bonchev–Trinajstić information content (AvgIpc) is 2.23. The summed E-state index contributed by atoms with van der Waals surface area (Å²) in [5, 5.41) is 0. The lowest BCUT2D eigenvalue weighted by atomic mass is 9.98. The van der Waals surface area contributed by atoms with Crippen molar-refractivity contribution in [1.29, 1.82) is 0 Å². The molecule has 1 saturated carbocycles. The van der Waals surface area contributed by atoms with Crippen LogP contribution in [0, 0.1) is 6.42 Å². The van der Waals surface area contributed by atoms with Crippen LogP contribution in [-0.4, -0.2) is 16.1 Å². The highest BCUT2D eigenvalue weighted by Gasteiger charge is 2.15. The predicted molar refractivity (Wildman–Crippen MR) is 56.9 cm³/mol. The molecule has 3 nitrogen and oxygen atoms in total. The summed E-state index contributed by atoms with van der Waals surface area (Å²) in [5.74, 6) is 0. The molecule has 0 aromatic carbocycles. The minimum atomic E-state index is 0.293. The van der Waals surface area contributed by atoms with Crippen molar-refractivity contribution in [2.75, 3.05) is 0 Å². The van der Waals surface area contributed by atoms with Gasteiger partial charge in [-0.1, -0.05) is 0 Å². The van der Waals surface area contributed by atoms with E-state index >= 15 is 0 Å². The lowest BCUT2D eigenvalue weighted by Gasteiger charge is -2.21. The van der Waals surface area contributed by atoms with Crippen molar-refractivity contribution in [2.45, 2.75) is 31.8 Å². The highest BCUT2D eigenvalue weighted by atomic mass is 79.9. The van der Waals surface area contributed by atoms with Crippen molar-refractivity contribution in [3.8, 4) is 6.01 Å². The zero-order valence-corrected chi connectivity index (χ0v) is 9.40. The third-order valence-electron chi connectivity index (χ3n) is 2.25. The van der Waals surface area contributed by atoms with E-state index in [4.69, 9.17) is 4.74 Å². The Hall–Kier alpha value is -0.640. The van der Waals surface area contributed by atoms with E-state index in [2.05, 4.69) is 32.3 Å². The molecule has 75 valence electrons. The van der Waals surface area contributed by atoms with Crippen LogP contribution in [0.3, 0.4) is 0 Å². The minimum absolute atomic E-state index is 0.293. The molecule has 1 aliphatic carbocycles. The van der Waals surface area contributed by atoms with Gasteiger partial charge in [-0.05, 0) is 48.0 Å². The van der Waals surface area contributed by atoms with Crippen LogP contribution in [0.15, 0.2) is 16.9 Å². The van der Waals surface area contributed by atoms with E-state index in [0.717, 1.165) is 30.2 Å². The molecule has 1 aromatic rings. The van der Waals surface area contributed by atoms with E-state index in [1.165, 1.54) is 0 Å². The van der Waals surface area contributed by atoms with Gasteiger partial charge in [-0.15, -0.1) is 0 Å². The summed E-state index contributed by atoms with van der Waals surface area (Å²) in [6.45, 7) is 0. The third kappa shape index (κ3) is 2.67. The smallest absolute Gasteiger partial charge is 0.316 e. The molecule has 14 heavy (non-hydrogen) atoms. The summed E-state index contributed by atoms with van der Waals surface area (Å²) in [7, 11) is 0. The molecule has 0 unspecified atom stereocenters. The van der Waals surface area contributed by atoms with Gasteiger partial charge in [0, 0.05) is 12.4 Å². The molecule has 0 aliphatic heterocycles. The summed E-state index contributed by atoms with van der Waals surface area (Å²) >= 11 is 3.29. The fourth-order valence-corrected chi connectivity index (χ4v) is 1.73. The van der Waals surface area contributed by atoms with Gasteiger partial charge in [0.2, 0.25) is 0 Å². The van der Waals surface area contributed by atoms with E-state index in [9.17, 15) is 0 Å². The van der Waals surface area contributed by atoms with Crippen LogP contribution in [-0.2, 0) is 0 Å². The molecular formula is C10H12BrN2O. The van der Waals surface area contributed by atoms with Crippen LogP contribution in [0.1, 0.15) is 25.7 Å². The van der Waals surface area contributed by atoms with Crippen molar-refractivity contribution in [1.82, 2.24) is 9.97 Å². The first-order valence-corrected chi connectivity index (χ1v) is 5.60. The van der Waals surface area contributed by atoms with E-state index in [0.29, 0.717) is 12.1 Å². The first-order chi connectivity index (χ1) is 6.84. The van der Waals surface area contributed by atoms with E-state index < -0.39 is 0 Å². The van der Waals surface area contributed by atoms with Crippen molar-refractivity contribution >= 4 is 15.9 Å². The minimum Gasteiger partial charge on any atom is -0.460 e. The van der Waals surface area contributed by atoms with E-state index in [1.807, 2.05) is 0 Å². The van der Waals surface area contributed by atoms with Gasteiger partial charge in [0.05, 0.1) is 4.47 Å². The van der Waals surface area contributed by atoms with Crippen LogP contribution < -0.4 is 4.74 Å². The largest absolute Gasteiger partial charge is 0.460 e. The Labute approximate surface area is 92.0 Å². The number of halogens is 1. The summed E-state index contributed by atoms with van der Waals surface area (Å²) < 4.78 is 6.52. The topological polar surface area (TPSA) is 35.0 Å². The van der Waals surface area contributed by atoms with Crippen molar-refractivity contribution in [2.24, 2.45) is 0 Å². The maximum atomic E-state index is 5.65. The molecule has 4 heteroatoms. The Morgan fingerprint density at radius 3 is 2.50 bits per heavy atom. The normalized spacial score (nSPS) is 18.1. The van der Waals surface area contributed by atoms with Crippen LogP contribution in [0.2, 0.25) is 0 Å². The zero-order valence-electron chi connectivity index (χ0n) is 7.82. The zero-order chi connectivity index (χ0) is 9.80. The first-order valence-electron chi connectivity index (χ1n) is 4.80. The number of nitrogens with zero attached hydrogens (tertiary/aromatic N) is 2. The summed E-state index contributed by atoms with van der Waals surface area (Å²) in [6, 6.07) is 0.486. The van der Waals surface area contributed by atoms with E-state index in [1.54, 1.807) is 12.4 Å². The molecule has 1 fully saturated rings. The molecule has 0 spiro atoms. The van der Waals surface area contributed by atoms with Crippen LogP contribution >= 0.6 is 15.9 Å². The van der Waals surface area contributed by atoms with Gasteiger partial charge in [0.1, 0.15) is 6.10 Å². The molecule has 0 atom stereocenters. The highest BCUT2D eigenvalue weighted by Crippen LogP contribution is 2.20. The Kier molecular flexibility index (Phi) is 3.35. The average molecular weight is 256 g/mol. The number of hydrogen-bond donors (Lipinski definition) is 0. The second kappa shape index (κ2) is 4.73. The highest BCUT2D eigenvalue weighted by molar-refractivity contribution is 9.10. The van der Waals surface area contributed by atoms with Crippen molar-refractivity contribution < 1.29 is 4.74 Å². The molecular weight excluding hydrogens is 244 g/mol. The lowest BCUT2D eigenvalue weighted by molar-refractivity contribution is 0.153. The molecule has 1 heterocycles. The van der Waals surface area contributed by atoms with Gasteiger partial charge in [-0.25, -0.2) is 9.97 Å². The predicted octanol–water partition coefficient (Wildman–Crippen LogP) is 2.76. The van der Waals surface area contributed by atoms with Crippen LogP contribution in [0.5, 0.6) is 6.01 Å². The van der Waals surface area contributed by atoms with Gasteiger partial charge in [0.15, 0.2) is 0 Å². The number of aromatic nitrogens is 2. The number of rotatable bonds is 2. The molecule has 1 radical (unpaired) electrons. The Balaban J connectivity index is 1.92. The third-order valence-corrected chi connectivity index (χ3v) is 2.66. The molecule has 0 bridgehead atoms. The molecule has 1 aliphatic rings. The SMILES string of the molecule is Brc1cnc(OC2CC[CH]CC2)nc1. The van der Waals surface area contributed by atoms with Gasteiger partial charge in [-0.3, -0.25) is 0 Å². The maximum Gasteiger partial charge on any atom is 0.316 e. The lowest BCUT2D eigenvalue weighted by Crippen LogP contribution is -2.20. The molecule has 1 aromatic heterocycles. The monoisotopic (exact) mass is 255 g/mol. The fraction of sp³-hybridized carbons (Fsp3) is 0.500. The Bertz CT molecular complexity index is 283. The summed E-state index contributed by atoms with van der Waals surface area (Å²) in [5.41, 5.74) is 0. The number of hydrogen-bond acceptors (Lipinski definition) is 3. The molecule has 0 N–H and O–H groups in total. The van der Waals surface area contributed by atoms with Gasteiger partial charge >= 0.3 is 6.01 Å². The van der Waals surface area contributed by atoms with Crippen LogP contribution in [0.4, 0.5) is 0 Å². The molecule has 0 amide bonds. The van der Waals surface area contributed by atoms with Gasteiger partial charge in [0.25, 0.3) is 0 Å². The Morgan fingerprint density at radius 1 is 1.21 bits per heavy atom.